The van der Waals surface area contributed by atoms with Gasteiger partial charge in [0.15, 0.2) is 0 Å². The van der Waals surface area contributed by atoms with Crippen molar-refractivity contribution in [2.24, 2.45) is 11.7 Å². The second kappa shape index (κ2) is 7.64. The van der Waals surface area contributed by atoms with Crippen LogP contribution in [0.5, 0.6) is 0 Å². The van der Waals surface area contributed by atoms with Crippen LogP contribution >= 0.6 is 0 Å². The van der Waals surface area contributed by atoms with Crippen molar-refractivity contribution in [2.45, 2.75) is 77.0 Å². The van der Waals surface area contributed by atoms with Gasteiger partial charge in [-0.05, 0) is 65.3 Å². The lowest BCUT2D eigenvalue weighted by molar-refractivity contribution is 0.00954. The molecule has 1 saturated heterocycles. The fraction of sp³-hybridized carbons (Fsp3) is 0.941. The number of nitrogens with zero attached hydrogens (tertiary/aromatic N) is 1. The largest absolute Gasteiger partial charge is 0.444 e. The number of likely N-dealkylation sites (tertiary alicyclic amines) is 1. The number of nitrogens with two attached hydrogens (primary N) is 1. The molecular weight excluding hydrogens is 278 g/mol. The van der Waals surface area contributed by atoms with E-state index in [4.69, 9.17) is 10.5 Å². The predicted molar refractivity (Wildman–Crippen MR) is 88.8 cm³/mol. The van der Waals surface area contributed by atoms with E-state index in [0.29, 0.717) is 12.0 Å². The monoisotopic (exact) mass is 311 g/mol. The Morgan fingerprint density at radius 1 is 1.23 bits per heavy atom. The lowest BCUT2D eigenvalue weighted by Gasteiger charge is -2.37. The Balaban J connectivity index is 1.88. The quantitative estimate of drug-likeness (QED) is 0.837. The van der Waals surface area contributed by atoms with E-state index in [9.17, 15) is 4.79 Å². The topological polar surface area (TPSA) is 67.6 Å². The van der Waals surface area contributed by atoms with Crippen LogP contribution in [0.1, 0.15) is 59.3 Å². The molecule has 5 heteroatoms. The van der Waals surface area contributed by atoms with Gasteiger partial charge in [0.05, 0.1) is 0 Å². The highest BCUT2D eigenvalue weighted by molar-refractivity contribution is 5.68. The van der Waals surface area contributed by atoms with E-state index in [1.54, 1.807) is 0 Å². The van der Waals surface area contributed by atoms with Crippen molar-refractivity contribution in [3.05, 3.63) is 0 Å². The highest BCUT2D eigenvalue weighted by Crippen LogP contribution is 2.25. The van der Waals surface area contributed by atoms with Crippen LogP contribution in [0.4, 0.5) is 4.79 Å². The minimum absolute atomic E-state index is 0.166. The average molecular weight is 311 g/mol. The van der Waals surface area contributed by atoms with Crippen molar-refractivity contribution in [1.82, 2.24) is 10.2 Å². The molecule has 0 aromatic heterocycles. The number of ether oxygens (including phenoxy) is 1. The van der Waals surface area contributed by atoms with Crippen molar-refractivity contribution >= 4 is 6.09 Å². The summed E-state index contributed by atoms with van der Waals surface area (Å²) < 4.78 is 5.56. The van der Waals surface area contributed by atoms with Gasteiger partial charge in [0.1, 0.15) is 5.60 Å². The van der Waals surface area contributed by atoms with Crippen LogP contribution in [0.15, 0.2) is 0 Å². The highest BCUT2D eigenvalue weighted by atomic mass is 16.6. The van der Waals surface area contributed by atoms with Gasteiger partial charge in [0, 0.05) is 25.2 Å². The summed E-state index contributed by atoms with van der Waals surface area (Å²) in [5.74, 6) is 0.596. The van der Waals surface area contributed by atoms with Crippen molar-refractivity contribution in [2.75, 3.05) is 19.6 Å². The Morgan fingerprint density at radius 3 is 2.68 bits per heavy atom. The Morgan fingerprint density at radius 2 is 2.00 bits per heavy atom. The maximum atomic E-state index is 12.4. The smallest absolute Gasteiger partial charge is 0.410 e. The van der Waals surface area contributed by atoms with Crippen molar-refractivity contribution in [3.63, 3.8) is 0 Å². The number of hydrogen-bond acceptors (Lipinski definition) is 4. The fourth-order valence-electron chi connectivity index (χ4n) is 3.65. The van der Waals surface area contributed by atoms with Crippen molar-refractivity contribution < 1.29 is 9.53 Å². The molecule has 1 saturated carbocycles. The first-order valence-corrected chi connectivity index (χ1v) is 8.84. The Bertz CT molecular complexity index is 367. The Kier molecular flexibility index (Phi) is 6.09. The summed E-state index contributed by atoms with van der Waals surface area (Å²) in [5.41, 5.74) is 5.43. The van der Waals surface area contributed by atoms with Crippen LogP contribution in [0, 0.1) is 5.92 Å². The van der Waals surface area contributed by atoms with E-state index in [-0.39, 0.29) is 12.1 Å². The van der Waals surface area contributed by atoms with Crippen molar-refractivity contribution in [3.8, 4) is 0 Å². The van der Waals surface area contributed by atoms with Gasteiger partial charge in [-0.3, -0.25) is 0 Å². The van der Waals surface area contributed by atoms with Crippen LogP contribution < -0.4 is 11.1 Å². The standard InChI is InChI=1S/C17H33N3O2/c1-17(2,3)22-16(21)20-10-5-4-8-14(20)12-19-15-9-6-7-13(15)11-18/h13-15,19H,4-12,18H2,1-3H3. The molecule has 5 nitrogen and oxygen atoms in total. The number of carbonyl (C=O) groups excluding carboxylic acids is 1. The maximum absolute atomic E-state index is 12.4. The van der Waals surface area contributed by atoms with Crippen LogP contribution in [-0.2, 0) is 4.74 Å². The fourth-order valence-corrected chi connectivity index (χ4v) is 3.65. The molecule has 0 aromatic carbocycles. The molecule has 2 fully saturated rings. The molecule has 0 bridgehead atoms. The first-order chi connectivity index (χ1) is 10.4. The molecule has 3 N–H and O–H groups in total. The summed E-state index contributed by atoms with van der Waals surface area (Å²) in [4.78, 5) is 14.3. The van der Waals surface area contributed by atoms with E-state index in [0.717, 1.165) is 32.5 Å². The van der Waals surface area contributed by atoms with E-state index < -0.39 is 5.60 Å². The molecular formula is C17H33N3O2. The highest BCUT2D eigenvalue weighted by Gasteiger charge is 2.32. The minimum Gasteiger partial charge on any atom is -0.444 e. The summed E-state index contributed by atoms with van der Waals surface area (Å²) in [7, 11) is 0. The zero-order chi connectivity index (χ0) is 16.2. The van der Waals surface area contributed by atoms with Crippen molar-refractivity contribution in [1.29, 1.82) is 0 Å². The number of hydrogen-bond donors (Lipinski definition) is 2. The zero-order valence-corrected chi connectivity index (χ0v) is 14.4. The molecule has 0 radical (unpaired) electrons. The molecule has 128 valence electrons. The molecule has 1 aliphatic heterocycles. The normalized spacial score (nSPS) is 29.6. The van der Waals surface area contributed by atoms with Crippen LogP contribution in [-0.4, -0.2) is 48.3 Å². The third-order valence-electron chi connectivity index (χ3n) is 4.83. The van der Waals surface area contributed by atoms with E-state index in [1.165, 1.54) is 25.7 Å². The maximum Gasteiger partial charge on any atom is 0.410 e. The molecule has 1 heterocycles. The number of piperidine rings is 1. The van der Waals surface area contributed by atoms with Gasteiger partial charge in [-0.1, -0.05) is 6.42 Å². The first-order valence-electron chi connectivity index (χ1n) is 8.84. The molecule has 3 unspecified atom stereocenters. The third-order valence-corrected chi connectivity index (χ3v) is 4.83. The van der Waals surface area contributed by atoms with Gasteiger partial charge in [0.2, 0.25) is 0 Å². The summed E-state index contributed by atoms with van der Waals surface area (Å²) in [6, 6.07) is 0.773. The lowest BCUT2D eigenvalue weighted by Crippen LogP contribution is -2.52. The van der Waals surface area contributed by atoms with Gasteiger partial charge in [-0.2, -0.15) is 0 Å². The molecule has 22 heavy (non-hydrogen) atoms. The SMILES string of the molecule is CC(C)(C)OC(=O)N1CCCCC1CNC1CCCC1CN. The van der Waals surface area contributed by atoms with E-state index in [1.807, 2.05) is 25.7 Å². The second-order valence-electron chi connectivity index (χ2n) is 7.76. The van der Waals surface area contributed by atoms with Gasteiger partial charge in [-0.25, -0.2) is 4.79 Å². The Labute approximate surface area is 134 Å². The average Bonchev–Trinajstić information content (AvgIpc) is 2.91. The zero-order valence-electron chi connectivity index (χ0n) is 14.4. The van der Waals surface area contributed by atoms with Gasteiger partial charge >= 0.3 is 6.09 Å². The number of nitrogens with one attached hydrogen (secondary N) is 1. The minimum atomic E-state index is -0.428. The van der Waals surface area contributed by atoms with Crippen LogP contribution in [0.25, 0.3) is 0 Å². The summed E-state index contributed by atoms with van der Waals surface area (Å²) >= 11 is 0. The second-order valence-corrected chi connectivity index (χ2v) is 7.76. The number of carbonyl (C=O) groups is 1. The molecule has 1 aliphatic carbocycles. The van der Waals surface area contributed by atoms with E-state index in [2.05, 4.69) is 5.32 Å². The number of rotatable bonds is 4. The molecule has 3 atom stereocenters. The van der Waals surface area contributed by atoms with Gasteiger partial charge in [-0.15, -0.1) is 0 Å². The summed E-state index contributed by atoms with van der Waals surface area (Å²) in [6.45, 7) is 8.20. The summed E-state index contributed by atoms with van der Waals surface area (Å²) in [5, 5.41) is 3.67. The van der Waals surface area contributed by atoms with E-state index >= 15 is 0 Å². The van der Waals surface area contributed by atoms with Crippen LogP contribution in [0.2, 0.25) is 0 Å². The molecule has 2 aliphatic rings. The molecule has 0 aromatic rings. The lowest BCUT2D eigenvalue weighted by atomic mass is 10.0. The van der Waals surface area contributed by atoms with Gasteiger partial charge in [0.25, 0.3) is 0 Å². The summed E-state index contributed by atoms with van der Waals surface area (Å²) in [6.07, 6.45) is 6.86. The Hall–Kier alpha value is -0.810. The molecule has 1 amide bonds. The number of amides is 1. The molecule has 2 rings (SSSR count). The first kappa shape index (κ1) is 17.5. The third kappa shape index (κ3) is 4.85. The van der Waals surface area contributed by atoms with Gasteiger partial charge < -0.3 is 20.7 Å². The van der Waals surface area contributed by atoms with Crippen LogP contribution in [0.3, 0.4) is 0 Å². The predicted octanol–water partition coefficient (Wildman–Crippen LogP) is 2.49. The molecule has 0 spiro atoms.